The lowest BCUT2D eigenvalue weighted by Gasteiger charge is -2.04. The zero-order chi connectivity index (χ0) is 15.1. The van der Waals surface area contributed by atoms with E-state index in [-0.39, 0.29) is 5.91 Å². The highest BCUT2D eigenvalue weighted by atomic mass is 32.1. The number of carbonyl (C=O) groups is 1. The van der Waals surface area contributed by atoms with Crippen LogP contribution in [0.4, 0.5) is 0 Å². The van der Waals surface area contributed by atoms with E-state index in [9.17, 15) is 4.79 Å². The van der Waals surface area contributed by atoms with Crippen LogP contribution in [0.25, 0.3) is 0 Å². The number of amides is 1. The molecule has 0 saturated carbocycles. The summed E-state index contributed by atoms with van der Waals surface area (Å²) in [6.07, 6.45) is 0.410. The molecule has 3 N–H and O–H groups in total. The van der Waals surface area contributed by atoms with Gasteiger partial charge in [-0.2, -0.15) is 0 Å². The van der Waals surface area contributed by atoms with Gasteiger partial charge in [-0.05, 0) is 18.6 Å². The molecule has 108 valence electrons. The van der Waals surface area contributed by atoms with Crippen LogP contribution in [0, 0.1) is 18.8 Å². The van der Waals surface area contributed by atoms with Gasteiger partial charge in [0.2, 0.25) is 5.91 Å². The summed E-state index contributed by atoms with van der Waals surface area (Å²) < 4.78 is 0. The molecule has 1 amide bonds. The Labute approximate surface area is 129 Å². The number of aryl methyl sites for hydroxylation is 1. The number of rotatable bonds is 4. The lowest BCUT2D eigenvalue weighted by atomic mass is 10.1. The molecule has 0 unspecified atom stereocenters. The van der Waals surface area contributed by atoms with Gasteiger partial charge in [-0.3, -0.25) is 4.79 Å². The van der Waals surface area contributed by atoms with Crippen LogP contribution in [0.5, 0.6) is 0 Å². The summed E-state index contributed by atoms with van der Waals surface area (Å²) in [5.74, 6) is 5.83. The summed E-state index contributed by atoms with van der Waals surface area (Å²) in [5.41, 5.74) is 8.49. The van der Waals surface area contributed by atoms with E-state index in [1.807, 2.05) is 42.6 Å². The van der Waals surface area contributed by atoms with Gasteiger partial charge in [0.25, 0.3) is 0 Å². The summed E-state index contributed by atoms with van der Waals surface area (Å²) in [6.45, 7) is 2.93. The lowest BCUT2D eigenvalue weighted by molar-refractivity contribution is -0.120. The van der Waals surface area contributed by atoms with Crippen LogP contribution in [0.3, 0.4) is 0 Å². The van der Waals surface area contributed by atoms with E-state index in [1.165, 1.54) is 5.56 Å². The minimum atomic E-state index is 0.0311. The van der Waals surface area contributed by atoms with Gasteiger partial charge in [0.15, 0.2) is 0 Å². The van der Waals surface area contributed by atoms with Gasteiger partial charge in [-0.25, -0.2) is 0 Å². The van der Waals surface area contributed by atoms with Crippen molar-refractivity contribution in [2.45, 2.75) is 19.9 Å². The van der Waals surface area contributed by atoms with Crippen molar-refractivity contribution in [1.29, 1.82) is 0 Å². The smallest absolute Gasteiger partial charge is 0.224 e. The van der Waals surface area contributed by atoms with Gasteiger partial charge in [0.1, 0.15) is 0 Å². The van der Waals surface area contributed by atoms with Crippen molar-refractivity contribution >= 4 is 17.2 Å². The molecule has 0 fully saturated rings. The molecule has 3 nitrogen and oxygen atoms in total. The second-order valence-corrected chi connectivity index (χ2v) is 5.75. The molecule has 0 saturated heterocycles. The van der Waals surface area contributed by atoms with Crippen LogP contribution < -0.4 is 11.1 Å². The molecule has 0 aliphatic rings. The number of thiophene rings is 1. The van der Waals surface area contributed by atoms with E-state index in [0.717, 1.165) is 16.0 Å². The van der Waals surface area contributed by atoms with Crippen LogP contribution in [0.1, 0.15) is 21.6 Å². The van der Waals surface area contributed by atoms with Crippen LogP contribution in [0.15, 0.2) is 35.7 Å². The molecule has 2 aromatic rings. The Morgan fingerprint density at radius 1 is 1.38 bits per heavy atom. The highest BCUT2D eigenvalue weighted by Gasteiger charge is 2.04. The third kappa shape index (κ3) is 5.07. The fourth-order valence-corrected chi connectivity index (χ4v) is 2.70. The monoisotopic (exact) mass is 298 g/mol. The minimum Gasteiger partial charge on any atom is -0.351 e. The Kier molecular flexibility index (Phi) is 5.56. The zero-order valence-electron chi connectivity index (χ0n) is 12.0. The van der Waals surface area contributed by atoms with Gasteiger partial charge in [-0.1, -0.05) is 41.7 Å². The van der Waals surface area contributed by atoms with E-state index in [2.05, 4.69) is 17.2 Å². The van der Waals surface area contributed by atoms with Crippen molar-refractivity contribution in [3.8, 4) is 11.8 Å². The molecule has 0 aliphatic carbocycles. The number of hydrogen-bond acceptors (Lipinski definition) is 3. The van der Waals surface area contributed by atoms with Crippen molar-refractivity contribution in [3.63, 3.8) is 0 Å². The summed E-state index contributed by atoms with van der Waals surface area (Å²) in [4.78, 5) is 13.0. The maximum absolute atomic E-state index is 11.9. The second-order valence-electron chi connectivity index (χ2n) is 4.75. The fourth-order valence-electron chi connectivity index (χ4n) is 1.95. The molecule has 0 radical (unpaired) electrons. The Bertz CT molecular complexity index is 679. The second kappa shape index (κ2) is 7.63. The zero-order valence-corrected chi connectivity index (χ0v) is 12.8. The maximum Gasteiger partial charge on any atom is 0.224 e. The average Bonchev–Trinajstić information content (AvgIpc) is 2.91. The Morgan fingerprint density at radius 2 is 2.24 bits per heavy atom. The van der Waals surface area contributed by atoms with E-state index in [0.29, 0.717) is 19.5 Å². The van der Waals surface area contributed by atoms with Gasteiger partial charge in [0, 0.05) is 15.8 Å². The molecule has 0 spiro atoms. The van der Waals surface area contributed by atoms with E-state index in [4.69, 9.17) is 5.73 Å². The predicted molar refractivity (Wildman–Crippen MR) is 87.0 cm³/mol. The van der Waals surface area contributed by atoms with Crippen molar-refractivity contribution in [2.24, 2.45) is 5.73 Å². The highest BCUT2D eigenvalue weighted by Crippen LogP contribution is 2.13. The standard InChI is InChI=1S/C17H18N2OS/c1-13-4-2-5-14(8-13)10-17(20)19-11-16-9-15(12-21-16)6-3-7-18/h2,4-5,8-9,12H,7,10-11,18H2,1H3,(H,19,20). The van der Waals surface area contributed by atoms with E-state index < -0.39 is 0 Å². The Morgan fingerprint density at radius 3 is 3.00 bits per heavy atom. The highest BCUT2D eigenvalue weighted by molar-refractivity contribution is 7.10. The first-order valence-corrected chi connectivity index (χ1v) is 7.64. The number of carbonyl (C=O) groups excluding carboxylic acids is 1. The normalized spacial score (nSPS) is 9.81. The van der Waals surface area contributed by atoms with Crippen LogP contribution >= 0.6 is 11.3 Å². The molecule has 0 aliphatic heterocycles. The molecule has 2 rings (SSSR count). The SMILES string of the molecule is Cc1cccc(CC(=O)NCc2cc(C#CCN)cs2)c1. The van der Waals surface area contributed by atoms with Crippen LogP contribution in [-0.2, 0) is 17.8 Å². The molecule has 1 heterocycles. The molecule has 21 heavy (non-hydrogen) atoms. The maximum atomic E-state index is 11.9. The van der Waals surface area contributed by atoms with E-state index in [1.54, 1.807) is 11.3 Å². The summed E-state index contributed by atoms with van der Waals surface area (Å²) in [7, 11) is 0. The summed E-state index contributed by atoms with van der Waals surface area (Å²) in [5, 5.41) is 4.91. The van der Waals surface area contributed by atoms with Crippen LogP contribution in [0.2, 0.25) is 0 Å². The first-order chi connectivity index (χ1) is 10.2. The lowest BCUT2D eigenvalue weighted by Crippen LogP contribution is -2.24. The Balaban J connectivity index is 1.85. The van der Waals surface area contributed by atoms with Crippen molar-refractivity contribution < 1.29 is 4.79 Å². The molecule has 0 bridgehead atoms. The summed E-state index contributed by atoms with van der Waals surface area (Å²) in [6, 6.07) is 9.99. The topological polar surface area (TPSA) is 55.1 Å². The first-order valence-electron chi connectivity index (χ1n) is 6.76. The number of hydrogen-bond donors (Lipinski definition) is 2. The average molecular weight is 298 g/mol. The molecular formula is C17H18N2OS. The van der Waals surface area contributed by atoms with Gasteiger partial charge >= 0.3 is 0 Å². The number of nitrogens with two attached hydrogens (primary N) is 1. The summed E-state index contributed by atoms with van der Waals surface area (Å²) >= 11 is 1.59. The predicted octanol–water partition coefficient (Wildman–Crippen LogP) is 2.23. The van der Waals surface area contributed by atoms with Gasteiger partial charge in [0.05, 0.1) is 19.5 Å². The quantitative estimate of drug-likeness (QED) is 0.851. The third-order valence-electron chi connectivity index (χ3n) is 2.90. The van der Waals surface area contributed by atoms with Crippen LogP contribution in [-0.4, -0.2) is 12.5 Å². The fraction of sp³-hybridized carbons (Fsp3) is 0.235. The third-order valence-corrected chi connectivity index (χ3v) is 3.83. The number of nitrogens with one attached hydrogen (secondary N) is 1. The van der Waals surface area contributed by atoms with Crippen molar-refractivity contribution in [3.05, 3.63) is 57.3 Å². The molecule has 1 aromatic heterocycles. The van der Waals surface area contributed by atoms with Crippen molar-refractivity contribution in [2.75, 3.05) is 6.54 Å². The largest absolute Gasteiger partial charge is 0.351 e. The molecular weight excluding hydrogens is 280 g/mol. The minimum absolute atomic E-state index is 0.0311. The van der Waals surface area contributed by atoms with Crippen molar-refractivity contribution in [1.82, 2.24) is 5.32 Å². The van der Waals surface area contributed by atoms with Gasteiger partial charge < -0.3 is 11.1 Å². The first kappa shape index (κ1) is 15.3. The van der Waals surface area contributed by atoms with Gasteiger partial charge in [-0.15, -0.1) is 11.3 Å². The number of benzene rings is 1. The molecule has 0 atom stereocenters. The molecule has 1 aromatic carbocycles. The Hall–Kier alpha value is -2.09. The van der Waals surface area contributed by atoms with E-state index >= 15 is 0 Å². The molecule has 4 heteroatoms.